The second-order valence-electron chi connectivity index (χ2n) is 8.61. The van der Waals surface area contributed by atoms with E-state index < -0.39 is 11.1 Å². The van der Waals surface area contributed by atoms with E-state index in [9.17, 15) is 9.59 Å². The Morgan fingerprint density at radius 1 is 0.700 bits per heavy atom. The number of imide groups is 1. The van der Waals surface area contributed by atoms with Crippen molar-refractivity contribution in [2.24, 2.45) is 0 Å². The van der Waals surface area contributed by atoms with E-state index in [2.05, 4.69) is 0 Å². The predicted octanol–water partition coefficient (Wildman–Crippen LogP) is 5.19. The van der Waals surface area contributed by atoms with Crippen LogP contribution in [-0.4, -0.2) is 27.3 Å². The maximum atomic E-state index is 14.2. The molecule has 0 spiro atoms. The molecule has 3 amide bonds. The summed E-state index contributed by atoms with van der Waals surface area (Å²) >= 11 is 0. The molecule has 3 aromatic carbocycles. The summed E-state index contributed by atoms with van der Waals surface area (Å²) in [5.74, 6) is -0.219. The third-order valence-corrected chi connectivity index (χ3v) is 5.55. The van der Waals surface area contributed by atoms with Crippen molar-refractivity contribution in [3.05, 3.63) is 108 Å². The molecule has 0 unspecified atom stereocenters. The van der Waals surface area contributed by atoms with Gasteiger partial charge in [-0.1, -0.05) is 91.0 Å². The molecule has 1 aliphatic rings. The number of amides is 3. The average Bonchev–Trinajstić information content (AvgIpc) is 2.98. The lowest BCUT2D eigenvalue weighted by molar-refractivity contribution is -0.133. The standard InChI is InChI=1S/C26H26N2O2/c1-25(2,3)28-24(30)27(19-20-13-7-4-8-14-20)23(29)26(28,21-15-9-5-10-16-21)22-17-11-6-12-18-22/h4-18H,19H2,1-3H3. The first-order chi connectivity index (χ1) is 14.4. The molecule has 0 saturated carbocycles. The van der Waals surface area contributed by atoms with Crippen molar-refractivity contribution < 1.29 is 9.59 Å². The maximum Gasteiger partial charge on any atom is 0.328 e. The molecular formula is C26H26N2O2. The SMILES string of the molecule is CC(C)(C)N1C(=O)N(Cc2ccccc2)C(=O)C1(c1ccccc1)c1ccccc1. The normalized spacial score (nSPS) is 16.2. The molecule has 4 heteroatoms. The molecule has 152 valence electrons. The highest BCUT2D eigenvalue weighted by Gasteiger charge is 2.62. The van der Waals surface area contributed by atoms with Crippen molar-refractivity contribution in [2.45, 2.75) is 38.4 Å². The summed E-state index contributed by atoms with van der Waals surface area (Å²) in [6.45, 7) is 6.17. The Kier molecular flexibility index (Phi) is 4.94. The Hall–Kier alpha value is -3.40. The molecule has 0 atom stereocenters. The fraction of sp³-hybridized carbons (Fsp3) is 0.231. The summed E-state index contributed by atoms with van der Waals surface area (Å²) in [5, 5.41) is 0. The Morgan fingerprint density at radius 2 is 1.13 bits per heavy atom. The number of carbonyl (C=O) groups is 2. The second-order valence-corrected chi connectivity index (χ2v) is 8.61. The molecule has 4 nitrogen and oxygen atoms in total. The number of hydrogen-bond donors (Lipinski definition) is 0. The lowest BCUT2D eigenvalue weighted by atomic mass is 9.79. The fourth-order valence-electron chi connectivity index (χ4n) is 4.37. The Bertz CT molecular complexity index is 1000. The number of hydrogen-bond acceptors (Lipinski definition) is 2. The molecule has 3 aromatic rings. The largest absolute Gasteiger partial charge is 0.328 e. The van der Waals surface area contributed by atoms with Gasteiger partial charge in [-0.3, -0.25) is 14.6 Å². The van der Waals surface area contributed by atoms with Gasteiger partial charge in [-0.15, -0.1) is 0 Å². The first-order valence-corrected chi connectivity index (χ1v) is 10.2. The number of benzene rings is 3. The molecular weight excluding hydrogens is 372 g/mol. The summed E-state index contributed by atoms with van der Waals surface area (Å²) in [5.41, 5.74) is 0.710. The fourth-order valence-corrected chi connectivity index (χ4v) is 4.37. The highest BCUT2D eigenvalue weighted by Crippen LogP contribution is 2.47. The van der Waals surface area contributed by atoms with Crippen LogP contribution in [0.2, 0.25) is 0 Å². The summed E-state index contributed by atoms with van der Waals surface area (Å²) < 4.78 is 0. The van der Waals surface area contributed by atoms with Gasteiger partial charge in [0.25, 0.3) is 5.91 Å². The number of rotatable bonds is 4. The van der Waals surface area contributed by atoms with Crippen LogP contribution >= 0.6 is 0 Å². The van der Waals surface area contributed by atoms with Gasteiger partial charge in [-0.25, -0.2) is 4.79 Å². The van der Waals surface area contributed by atoms with Crippen molar-refractivity contribution in [1.82, 2.24) is 9.80 Å². The van der Waals surface area contributed by atoms with Crippen molar-refractivity contribution in [3.8, 4) is 0 Å². The lowest BCUT2D eigenvalue weighted by Crippen LogP contribution is -2.56. The van der Waals surface area contributed by atoms with Gasteiger partial charge in [0, 0.05) is 5.54 Å². The lowest BCUT2D eigenvalue weighted by Gasteiger charge is -2.44. The molecule has 1 saturated heterocycles. The molecule has 30 heavy (non-hydrogen) atoms. The molecule has 0 aromatic heterocycles. The monoisotopic (exact) mass is 398 g/mol. The average molecular weight is 399 g/mol. The van der Waals surface area contributed by atoms with Crippen LogP contribution in [0.5, 0.6) is 0 Å². The van der Waals surface area contributed by atoms with E-state index in [1.807, 2.05) is 112 Å². The van der Waals surface area contributed by atoms with Gasteiger partial charge < -0.3 is 0 Å². The van der Waals surface area contributed by atoms with Crippen LogP contribution in [0.25, 0.3) is 0 Å². The number of nitrogens with zero attached hydrogens (tertiary/aromatic N) is 2. The minimum Gasteiger partial charge on any atom is -0.297 e. The van der Waals surface area contributed by atoms with Crippen LogP contribution in [-0.2, 0) is 16.9 Å². The summed E-state index contributed by atoms with van der Waals surface area (Å²) in [7, 11) is 0. The number of carbonyl (C=O) groups excluding carboxylic acids is 2. The third kappa shape index (κ3) is 3.09. The van der Waals surface area contributed by atoms with Crippen LogP contribution in [0.4, 0.5) is 4.79 Å². The van der Waals surface area contributed by atoms with Crippen molar-refractivity contribution in [3.63, 3.8) is 0 Å². The number of urea groups is 1. The van der Waals surface area contributed by atoms with Gasteiger partial charge >= 0.3 is 6.03 Å². The van der Waals surface area contributed by atoms with Crippen LogP contribution in [0, 0.1) is 0 Å². The van der Waals surface area contributed by atoms with Crippen LogP contribution in [0.15, 0.2) is 91.0 Å². The van der Waals surface area contributed by atoms with Crippen molar-refractivity contribution in [2.75, 3.05) is 0 Å². The van der Waals surface area contributed by atoms with E-state index in [0.717, 1.165) is 16.7 Å². The minimum absolute atomic E-state index is 0.219. The summed E-state index contributed by atoms with van der Waals surface area (Å²) in [4.78, 5) is 31.1. The highest BCUT2D eigenvalue weighted by molar-refractivity contribution is 6.09. The Morgan fingerprint density at radius 3 is 1.57 bits per heavy atom. The summed E-state index contributed by atoms with van der Waals surface area (Å²) in [6, 6.07) is 28.6. The van der Waals surface area contributed by atoms with Gasteiger partial charge in [-0.05, 0) is 37.5 Å². The second kappa shape index (κ2) is 7.45. The first-order valence-electron chi connectivity index (χ1n) is 10.2. The highest BCUT2D eigenvalue weighted by atomic mass is 16.2. The molecule has 0 N–H and O–H groups in total. The quantitative estimate of drug-likeness (QED) is 0.567. The molecule has 1 heterocycles. The van der Waals surface area contributed by atoms with E-state index in [1.54, 1.807) is 4.90 Å². The van der Waals surface area contributed by atoms with E-state index >= 15 is 0 Å². The van der Waals surface area contributed by atoms with Gasteiger partial charge in [0.05, 0.1) is 6.54 Å². The molecule has 0 aliphatic carbocycles. The first kappa shape index (κ1) is 19.9. The third-order valence-electron chi connectivity index (χ3n) is 5.55. The Labute approximate surface area is 177 Å². The van der Waals surface area contributed by atoms with Crippen LogP contribution in [0.1, 0.15) is 37.5 Å². The van der Waals surface area contributed by atoms with E-state index in [0.29, 0.717) is 0 Å². The zero-order valence-electron chi connectivity index (χ0n) is 17.6. The van der Waals surface area contributed by atoms with Gasteiger partial charge in [0.15, 0.2) is 5.54 Å². The molecule has 0 radical (unpaired) electrons. The van der Waals surface area contributed by atoms with Crippen LogP contribution in [0.3, 0.4) is 0 Å². The topological polar surface area (TPSA) is 40.6 Å². The molecule has 1 fully saturated rings. The summed E-state index contributed by atoms with van der Waals surface area (Å²) in [6.07, 6.45) is 0. The van der Waals surface area contributed by atoms with E-state index in [1.165, 1.54) is 4.90 Å². The maximum absolute atomic E-state index is 14.2. The molecule has 1 aliphatic heterocycles. The van der Waals surface area contributed by atoms with Crippen molar-refractivity contribution >= 4 is 11.9 Å². The van der Waals surface area contributed by atoms with Gasteiger partial charge in [-0.2, -0.15) is 0 Å². The zero-order valence-corrected chi connectivity index (χ0v) is 17.6. The van der Waals surface area contributed by atoms with Gasteiger partial charge in [0.2, 0.25) is 0 Å². The molecule has 0 bridgehead atoms. The molecule has 4 rings (SSSR count). The predicted molar refractivity (Wildman–Crippen MR) is 118 cm³/mol. The van der Waals surface area contributed by atoms with E-state index in [4.69, 9.17) is 0 Å². The zero-order chi connectivity index (χ0) is 21.4. The minimum atomic E-state index is -1.22. The smallest absolute Gasteiger partial charge is 0.297 e. The van der Waals surface area contributed by atoms with Crippen molar-refractivity contribution in [1.29, 1.82) is 0 Å². The van der Waals surface area contributed by atoms with Gasteiger partial charge in [0.1, 0.15) is 0 Å². The van der Waals surface area contributed by atoms with Crippen LogP contribution < -0.4 is 0 Å². The van der Waals surface area contributed by atoms with E-state index in [-0.39, 0.29) is 18.5 Å². The Balaban J connectivity index is 1.96.